The standard InChI is InChI=1S/C15H24O3/c1-11(2)13-6-8-15(3,18)7-4-5-12(10-16)9-14(13)17/h5-6,8,10-11,13-14,17-18H,4,7,9H2,1-3H3/b8-6-,12-5+/t13-,14+,15+/m0/s1. The van der Waals surface area contributed by atoms with Gasteiger partial charge in [0.25, 0.3) is 0 Å². The molecule has 2 N–H and O–H groups in total. The van der Waals surface area contributed by atoms with Crippen LogP contribution in [0.25, 0.3) is 0 Å². The van der Waals surface area contributed by atoms with E-state index >= 15 is 0 Å². The lowest BCUT2D eigenvalue weighted by Crippen LogP contribution is -2.27. The third-order valence-corrected chi connectivity index (χ3v) is 3.54. The van der Waals surface area contributed by atoms with Crippen molar-refractivity contribution in [2.75, 3.05) is 0 Å². The minimum atomic E-state index is -0.880. The Balaban J connectivity index is 2.99. The molecule has 0 amide bonds. The third kappa shape index (κ3) is 4.39. The Labute approximate surface area is 109 Å². The van der Waals surface area contributed by atoms with Crippen LogP contribution in [-0.4, -0.2) is 28.2 Å². The molecule has 0 aromatic carbocycles. The van der Waals surface area contributed by atoms with E-state index in [2.05, 4.69) is 0 Å². The number of rotatable bonds is 2. The molecule has 0 aromatic rings. The van der Waals surface area contributed by atoms with Crippen LogP contribution in [0.3, 0.4) is 0 Å². The first-order chi connectivity index (χ1) is 8.35. The second-order valence-electron chi connectivity index (χ2n) is 5.74. The Morgan fingerprint density at radius 1 is 1.50 bits per heavy atom. The maximum Gasteiger partial charge on any atom is 0.145 e. The molecule has 0 aromatic heterocycles. The van der Waals surface area contributed by atoms with E-state index in [0.717, 1.165) is 6.29 Å². The van der Waals surface area contributed by atoms with E-state index in [1.807, 2.05) is 26.0 Å². The highest BCUT2D eigenvalue weighted by atomic mass is 16.3. The normalized spacial score (nSPS) is 38.9. The molecule has 18 heavy (non-hydrogen) atoms. The van der Waals surface area contributed by atoms with E-state index in [0.29, 0.717) is 24.8 Å². The highest BCUT2D eigenvalue weighted by Crippen LogP contribution is 2.26. The fourth-order valence-corrected chi connectivity index (χ4v) is 2.30. The minimum Gasteiger partial charge on any atom is -0.392 e. The zero-order valence-electron chi connectivity index (χ0n) is 11.5. The SMILES string of the molecule is CC(C)[C@@H]1/C=C\[C@](C)(O)CC/C=C(/C=O)C[C@H]1O. The van der Waals surface area contributed by atoms with Crippen LogP contribution < -0.4 is 0 Å². The van der Waals surface area contributed by atoms with Crippen LogP contribution >= 0.6 is 0 Å². The van der Waals surface area contributed by atoms with Gasteiger partial charge in [-0.1, -0.05) is 32.1 Å². The van der Waals surface area contributed by atoms with Crippen LogP contribution in [0, 0.1) is 11.8 Å². The van der Waals surface area contributed by atoms with Crippen molar-refractivity contribution in [2.24, 2.45) is 11.8 Å². The Morgan fingerprint density at radius 3 is 2.72 bits per heavy atom. The molecule has 0 heterocycles. The molecule has 0 radical (unpaired) electrons. The fourth-order valence-electron chi connectivity index (χ4n) is 2.30. The Bertz CT molecular complexity index is 340. The number of aldehydes is 1. The summed E-state index contributed by atoms with van der Waals surface area (Å²) < 4.78 is 0. The Hall–Kier alpha value is -0.930. The zero-order valence-corrected chi connectivity index (χ0v) is 11.5. The summed E-state index contributed by atoms with van der Waals surface area (Å²) in [5, 5.41) is 20.4. The van der Waals surface area contributed by atoms with Crippen molar-refractivity contribution < 1.29 is 15.0 Å². The van der Waals surface area contributed by atoms with Gasteiger partial charge in [0.1, 0.15) is 6.29 Å². The first-order valence-electron chi connectivity index (χ1n) is 6.60. The summed E-state index contributed by atoms with van der Waals surface area (Å²) in [6.07, 6.45) is 7.34. The maximum atomic E-state index is 10.9. The van der Waals surface area contributed by atoms with Crippen molar-refractivity contribution in [1.29, 1.82) is 0 Å². The molecule has 102 valence electrons. The second-order valence-corrected chi connectivity index (χ2v) is 5.74. The van der Waals surface area contributed by atoms with Crippen molar-refractivity contribution in [3.05, 3.63) is 23.8 Å². The smallest absolute Gasteiger partial charge is 0.145 e. The maximum absolute atomic E-state index is 10.9. The van der Waals surface area contributed by atoms with Crippen LogP contribution in [0.15, 0.2) is 23.8 Å². The first kappa shape index (κ1) is 15.1. The van der Waals surface area contributed by atoms with Crippen LogP contribution in [-0.2, 0) is 4.79 Å². The number of carbonyl (C=O) groups is 1. The summed E-state index contributed by atoms with van der Waals surface area (Å²) in [6, 6.07) is 0. The van der Waals surface area contributed by atoms with Gasteiger partial charge in [0, 0.05) is 12.3 Å². The Morgan fingerprint density at radius 2 is 2.17 bits per heavy atom. The lowest BCUT2D eigenvalue weighted by molar-refractivity contribution is -0.105. The van der Waals surface area contributed by atoms with Crippen LogP contribution in [0.5, 0.6) is 0 Å². The predicted octanol–water partition coefficient (Wildman–Crippen LogP) is 2.24. The van der Waals surface area contributed by atoms with Crippen molar-refractivity contribution in [2.45, 2.75) is 51.7 Å². The average molecular weight is 252 g/mol. The second kappa shape index (κ2) is 6.30. The lowest BCUT2D eigenvalue weighted by Gasteiger charge is -2.27. The topological polar surface area (TPSA) is 57.5 Å². The van der Waals surface area contributed by atoms with E-state index in [1.165, 1.54) is 0 Å². The molecular weight excluding hydrogens is 228 g/mol. The largest absolute Gasteiger partial charge is 0.392 e. The lowest BCUT2D eigenvalue weighted by atomic mass is 9.84. The molecule has 3 nitrogen and oxygen atoms in total. The molecule has 3 heteroatoms. The van der Waals surface area contributed by atoms with Gasteiger partial charge < -0.3 is 10.2 Å². The van der Waals surface area contributed by atoms with Gasteiger partial charge in [-0.05, 0) is 31.3 Å². The van der Waals surface area contributed by atoms with E-state index in [9.17, 15) is 15.0 Å². The Kier molecular flexibility index (Phi) is 5.29. The summed E-state index contributed by atoms with van der Waals surface area (Å²) in [4.78, 5) is 10.9. The van der Waals surface area contributed by atoms with Crippen molar-refractivity contribution in [3.8, 4) is 0 Å². The number of hydrogen-bond acceptors (Lipinski definition) is 3. The minimum absolute atomic E-state index is 0.0436. The van der Waals surface area contributed by atoms with Gasteiger partial charge >= 0.3 is 0 Å². The van der Waals surface area contributed by atoms with Crippen molar-refractivity contribution in [3.63, 3.8) is 0 Å². The summed E-state index contributed by atoms with van der Waals surface area (Å²) in [5.41, 5.74) is -0.256. The van der Waals surface area contributed by atoms with Gasteiger partial charge in [-0.3, -0.25) is 4.79 Å². The summed E-state index contributed by atoms with van der Waals surface area (Å²) in [5.74, 6) is 0.220. The number of hydrogen-bond donors (Lipinski definition) is 2. The van der Waals surface area contributed by atoms with Crippen molar-refractivity contribution in [1.82, 2.24) is 0 Å². The monoisotopic (exact) mass is 252 g/mol. The highest BCUT2D eigenvalue weighted by molar-refractivity contribution is 5.73. The van der Waals surface area contributed by atoms with Gasteiger partial charge in [0.2, 0.25) is 0 Å². The van der Waals surface area contributed by atoms with Crippen molar-refractivity contribution >= 4 is 6.29 Å². The molecule has 0 spiro atoms. The van der Waals surface area contributed by atoms with Gasteiger partial charge in [-0.25, -0.2) is 0 Å². The quantitative estimate of drug-likeness (QED) is 0.585. The molecule has 1 aliphatic rings. The molecule has 0 aliphatic heterocycles. The number of aliphatic hydroxyl groups excluding tert-OH is 1. The molecule has 1 aliphatic carbocycles. The van der Waals surface area contributed by atoms with E-state index in [4.69, 9.17) is 0 Å². The molecule has 0 saturated heterocycles. The molecule has 0 fully saturated rings. The average Bonchev–Trinajstić information content (AvgIpc) is 2.26. The first-order valence-corrected chi connectivity index (χ1v) is 6.60. The van der Waals surface area contributed by atoms with Crippen LogP contribution in [0.2, 0.25) is 0 Å². The number of allylic oxidation sites excluding steroid dienone is 1. The van der Waals surface area contributed by atoms with Gasteiger partial charge in [0.05, 0.1) is 11.7 Å². The summed E-state index contributed by atoms with van der Waals surface area (Å²) >= 11 is 0. The molecule has 0 saturated carbocycles. The third-order valence-electron chi connectivity index (χ3n) is 3.54. The van der Waals surface area contributed by atoms with E-state index in [1.54, 1.807) is 13.0 Å². The van der Waals surface area contributed by atoms with E-state index < -0.39 is 11.7 Å². The fraction of sp³-hybridized carbons (Fsp3) is 0.667. The number of carbonyl (C=O) groups excluding carboxylic acids is 1. The molecule has 0 unspecified atom stereocenters. The zero-order chi connectivity index (χ0) is 13.8. The van der Waals surface area contributed by atoms with Crippen LogP contribution in [0.4, 0.5) is 0 Å². The molecular formula is C15H24O3. The predicted molar refractivity (Wildman–Crippen MR) is 72.1 cm³/mol. The van der Waals surface area contributed by atoms with E-state index in [-0.39, 0.29) is 11.8 Å². The molecule has 3 atom stereocenters. The van der Waals surface area contributed by atoms with Gasteiger partial charge in [-0.2, -0.15) is 0 Å². The number of aliphatic hydroxyl groups is 2. The summed E-state index contributed by atoms with van der Waals surface area (Å²) in [7, 11) is 0. The van der Waals surface area contributed by atoms with Gasteiger partial charge in [-0.15, -0.1) is 0 Å². The highest BCUT2D eigenvalue weighted by Gasteiger charge is 2.24. The molecule has 1 rings (SSSR count). The summed E-state index contributed by atoms with van der Waals surface area (Å²) in [6.45, 7) is 5.81. The van der Waals surface area contributed by atoms with Gasteiger partial charge in [0.15, 0.2) is 0 Å². The van der Waals surface area contributed by atoms with Crippen LogP contribution in [0.1, 0.15) is 40.0 Å². The molecule has 0 bridgehead atoms.